The molecule has 0 bridgehead atoms. The van der Waals surface area contributed by atoms with Crippen molar-refractivity contribution in [2.24, 2.45) is 0 Å². The second kappa shape index (κ2) is 10.8. The summed E-state index contributed by atoms with van der Waals surface area (Å²) >= 11 is 0. The molecule has 0 aliphatic rings. The fraction of sp³-hybridized carbons (Fsp3) is 0.455. The molecule has 2 rings (SSSR count). The van der Waals surface area contributed by atoms with Gasteiger partial charge in [0.2, 0.25) is 0 Å². The first-order chi connectivity index (χ1) is 12.2. The standard InChI is InChI=1S/C22H29FO2/c1-2-3-4-5-6-7-8-9-16-25-20-13-10-18(11-14-20)19-12-15-22(24)21(23)17-19/h10-15,17,24H,2-9,16H2,1H3. The van der Waals surface area contributed by atoms with Crippen LogP contribution in [0.2, 0.25) is 0 Å². The number of aromatic hydroxyl groups is 1. The molecule has 0 atom stereocenters. The molecule has 0 spiro atoms. The Kier molecular flexibility index (Phi) is 8.30. The van der Waals surface area contributed by atoms with Gasteiger partial charge in [-0.25, -0.2) is 4.39 Å². The monoisotopic (exact) mass is 344 g/mol. The Balaban J connectivity index is 1.67. The summed E-state index contributed by atoms with van der Waals surface area (Å²) in [5.41, 5.74) is 1.64. The molecule has 0 saturated carbocycles. The van der Waals surface area contributed by atoms with Gasteiger partial charge in [0, 0.05) is 0 Å². The Morgan fingerprint density at radius 2 is 1.40 bits per heavy atom. The second-order valence-corrected chi connectivity index (χ2v) is 6.51. The Bertz CT molecular complexity index is 622. The quantitative estimate of drug-likeness (QED) is 0.459. The van der Waals surface area contributed by atoms with Crippen LogP contribution in [0.5, 0.6) is 11.5 Å². The van der Waals surface area contributed by atoms with Crippen molar-refractivity contribution in [2.45, 2.75) is 58.3 Å². The first kappa shape index (κ1) is 19.3. The van der Waals surface area contributed by atoms with Gasteiger partial charge in [0.1, 0.15) is 5.75 Å². The van der Waals surface area contributed by atoms with Crippen LogP contribution in [-0.4, -0.2) is 11.7 Å². The van der Waals surface area contributed by atoms with E-state index in [1.165, 1.54) is 57.1 Å². The zero-order valence-corrected chi connectivity index (χ0v) is 15.1. The molecule has 0 heterocycles. The summed E-state index contributed by atoms with van der Waals surface area (Å²) in [6, 6.07) is 12.1. The molecule has 0 aromatic heterocycles. The van der Waals surface area contributed by atoms with E-state index in [4.69, 9.17) is 4.74 Å². The number of phenols is 1. The number of halogens is 1. The molecule has 3 heteroatoms. The van der Waals surface area contributed by atoms with Gasteiger partial charge in [-0.2, -0.15) is 0 Å². The van der Waals surface area contributed by atoms with E-state index in [1.54, 1.807) is 6.07 Å². The fourth-order valence-corrected chi connectivity index (χ4v) is 2.86. The van der Waals surface area contributed by atoms with E-state index < -0.39 is 5.82 Å². The van der Waals surface area contributed by atoms with Gasteiger partial charge >= 0.3 is 0 Å². The van der Waals surface area contributed by atoms with Crippen molar-refractivity contribution in [1.29, 1.82) is 0 Å². The van der Waals surface area contributed by atoms with Crippen molar-refractivity contribution < 1.29 is 14.2 Å². The lowest BCUT2D eigenvalue weighted by Crippen LogP contribution is -1.97. The molecule has 2 aromatic rings. The lowest BCUT2D eigenvalue weighted by molar-refractivity contribution is 0.304. The topological polar surface area (TPSA) is 29.5 Å². The molecule has 25 heavy (non-hydrogen) atoms. The minimum Gasteiger partial charge on any atom is -0.505 e. The van der Waals surface area contributed by atoms with Crippen LogP contribution in [0.25, 0.3) is 11.1 Å². The predicted octanol–water partition coefficient (Wildman–Crippen LogP) is 6.72. The van der Waals surface area contributed by atoms with Crippen molar-refractivity contribution in [2.75, 3.05) is 6.61 Å². The number of benzene rings is 2. The van der Waals surface area contributed by atoms with Gasteiger partial charge in [-0.05, 0) is 41.8 Å². The molecular weight excluding hydrogens is 315 g/mol. The number of rotatable bonds is 11. The number of phenolic OH excluding ortho intramolecular Hbond substituents is 1. The third-order valence-corrected chi connectivity index (χ3v) is 4.40. The largest absolute Gasteiger partial charge is 0.505 e. The zero-order valence-electron chi connectivity index (χ0n) is 15.1. The van der Waals surface area contributed by atoms with Gasteiger partial charge in [-0.15, -0.1) is 0 Å². The van der Waals surface area contributed by atoms with Crippen LogP contribution in [-0.2, 0) is 0 Å². The highest BCUT2D eigenvalue weighted by molar-refractivity contribution is 5.65. The highest BCUT2D eigenvalue weighted by Gasteiger charge is 2.04. The minimum atomic E-state index is -0.604. The molecule has 0 unspecified atom stereocenters. The summed E-state index contributed by atoms with van der Waals surface area (Å²) in [6.07, 6.45) is 10.3. The van der Waals surface area contributed by atoms with Crippen molar-refractivity contribution >= 4 is 0 Å². The van der Waals surface area contributed by atoms with Crippen molar-refractivity contribution in [3.8, 4) is 22.6 Å². The van der Waals surface area contributed by atoms with Gasteiger partial charge in [0.25, 0.3) is 0 Å². The van der Waals surface area contributed by atoms with Crippen molar-refractivity contribution in [3.63, 3.8) is 0 Å². The van der Waals surface area contributed by atoms with Crippen LogP contribution in [0.15, 0.2) is 42.5 Å². The molecule has 0 aliphatic heterocycles. The molecule has 0 saturated heterocycles. The molecule has 1 N–H and O–H groups in total. The lowest BCUT2D eigenvalue weighted by Gasteiger charge is -2.08. The van der Waals surface area contributed by atoms with Gasteiger partial charge in [0.05, 0.1) is 6.61 Å². The number of unbranched alkanes of at least 4 members (excludes halogenated alkanes) is 7. The first-order valence-corrected chi connectivity index (χ1v) is 9.42. The normalized spacial score (nSPS) is 10.8. The average molecular weight is 344 g/mol. The molecule has 0 aliphatic carbocycles. The molecule has 0 radical (unpaired) electrons. The molecule has 136 valence electrons. The lowest BCUT2D eigenvalue weighted by atomic mass is 10.1. The van der Waals surface area contributed by atoms with Gasteiger partial charge in [-0.1, -0.05) is 70.1 Å². The summed E-state index contributed by atoms with van der Waals surface area (Å²) < 4.78 is 19.2. The van der Waals surface area contributed by atoms with Gasteiger partial charge in [-0.3, -0.25) is 0 Å². The third-order valence-electron chi connectivity index (χ3n) is 4.40. The fourth-order valence-electron chi connectivity index (χ4n) is 2.86. The van der Waals surface area contributed by atoms with Crippen LogP contribution in [0.4, 0.5) is 4.39 Å². The van der Waals surface area contributed by atoms with Crippen LogP contribution in [0.3, 0.4) is 0 Å². The van der Waals surface area contributed by atoms with Crippen LogP contribution in [0, 0.1) is 5.82 Å². The summed E-state index contributed by atoms with van der Waals surface area (Å²) in [4.78, 5) is 0. The van der Waals surface area contributed by atoms with Gasteiger partial charge in [0.15, 0.2) is 11.6 Å². The van der Waals surface area contributed by atoms with Crippen LogP contribution >= 0.6 is 0 Å². The SMILES string of the molecule is CCCCCCCCCCOc1ccc(-c2ccc(O)c(F)c2)cc1. The molecule has 2 nitrogen and oxygen atoms in total. The van der Waals surface area contributed by atoms with Crippen molar-refractivity contribution in [1.82, 2.24) is 0 Å². The average Bonchev–Trinajstić information content (AvgIpc) is 2.63. The van der Waals surface area contributed by atoms with E-state index in [-0.39, 0.29) is 5.75 Å². The number of hydrogen-bond acceptors (Lipinski definition) is 2. The summed E-state index contributed by atoms with van der Waals surface area (Å²) in [5.74, 6) is -0.0902. The smallest absolute Gasteiger partial charge is 0.165 e. The Hall–Kier alpha value is -2.03. The van der Waals surface area contributed by atoms with Gasteiger partial charge < -0.3 is 9.84 Å². The second-order valence-electron chi connectivity index (χ2n) is 6.51. The molecule has 0 amide bonds. The maximum atomic E-state index is 13.4. The van der Waals surface area contributed by atoms with E-state index in [0.29, 0.717) is 0 Å². The predicted molar refractivity (Wildman–Crippen MR) is 102 cm³/mol. The summed E-state index contributed by atoms with van der Waals surface area (Å²) in [6.45, 7) is 2.98. The molecule has 0 fully saturated rings. The zero-order chi connectivity index (χ0) is 17.9. The third kappa shape index (κ3) is 6.77. The first-order valence-electron chi connectivity index (χ1n) is 9.42. The van der Waals surface area contributed by atoms with Crippen molar-refractivity contribution in [3.05, 3.63) is 48.3 Å². The minimum absolute atomic E-state index is 0.325. The molecule has 2 aromatic carbocycles. The number of ether oxygens (including phenoxy) is 1. The van der Waals surface area contributed by atoms with Crippen LogP contribution < -0.4 is 4.74 Å². The number of hydrogen-bond donors (Lipinski definition) is 1. The Morgan fingerprint density at radius 1 is 0.800 bits per heavy atom. The maximum Gasteiger partial charge on any atom is 0.165 e. The summed E-state index contributed by atoms with van der Waals surface area (Å²) in [5, 5.41) is 9.25. The van der Waals surface area contributed by atoms with E-state index in [1.807, 2.05) is 24.3 Å². The highest BCUT2D eigenvalue weighted by Crippen LogP contribution is 2.26. The molecular formula is C22H29FO2. The summed E-state index contributed by atoms with van der Waals surface area (Å²) in [7, 11) is 0. The maximum absolute atomic E-state index is 13.4. The Labute approximate surface area is 150 Å². The van der Waals surface area contributed by atoms with E-state index in [0.717, 1.165) is 29.9 Å². The van der Waals surface area contributed by atoms with E-state index >= 15 is 0 Å². The van der Waals surface area contributed by atoms with Crippen LogP contribution in [0.1, 0.15) is 58.3 Å². The highest BCUT2D eigenvalue weighted by atomic mass is 19.1. The Morgan fingerprint density at radius 3 is 2.04 bits per heavy atom. The van der Waals surface area contributed by atoms with E-state index in [9.17, 15) is 9.50 Å². The van der Waals surface area contributed by atoms with E-state index in [2.05, 4.69) is 6.92 Å².